The average molecular weight is 975 g/mol. The van der Waals surface area contributed by atoms with Crippen molar-refractivity contribution in [2.45, 2.75) is 54.9 Å². The lowest BCUT2D eigenvalue weighted by Crippen LogP contribution is -2.41. The zero-order valence-electron chi connectivity index (χ0n) is 41.1. The summed E-state index contributed by atoms with van der Waals surface area (Å²) in [5.74, 6) is 3.44. The van der Waals surface area contributed by atoms with Crippen molar-refractivity contribution in [3.8, 4) is 74.7 Å². The van der Waals surface area contributed by atoms with Crippen molar-refractivity contribution >= 4 is 0 Å². The van der Waals surface area contributed by atoms with E-state index in [0.717, 1.165) is 0 Å². The van der Waals surface area contributed by atoms with Gasteiger partial charge in [-0.05, 0) is 65.2 Å². The molecule has 0 unspecified atom stereocenters. The fourth-order valence-electron chi connectivity index (χ4n) is 10.3. The van der Waals surface area contributed by atoms with Crippen molar-refractivity contribution < 1.29 is 76.9 Å². The number of ether oxygens (including phenoxy) is 13. The Hall–Kier alpha value is -7.40. The van der Waals surface area contributed by atoms with Crippen LogP contribution >= 0.6 is 0 Å². The molecule has 16 nitrogen and oxygen atoms in total. The van der Waals surface area contributed by atoms with E-state index in [1.807, 2.05) is 12.1 Å². The van der Waals surface area contributed by atoms with Gasteiger partial charge in [0, 0.05) is 58.2 Å². The Morgan fingerprint density at radius 2 is 0.718 bits per heavy atom. The molecule has 0 saturated carbocycles. The second kappa shape index (κ2) is 20.1. The average Bonchev–Trinajstić information content (AvgIpc) is 3.41. The predicted molar refractivity (Wildman–Crippen MR) is 260 cm³/mol. The highest BCUT2D eigenvalue weighted by atomic mass is 16.5. The molecular formula is C55H58O16. The number of hydrogen-bond donors (Lipinski definition) is 3. The normalized spacial score (nSPS) is 21.9. The van der Waals surface area contributed by atoms with E-state index in [0.29, 0.717) is 114 Å². The van der Waals surface area contributed by atoms with Gasteiger partial charge in [-0.15, -0.1) is 0 Å². The van der Waals surface area contributed by atoms with Crippen LogP contribution in [-0.4, -0.2) is 105 Å². The van der Waals surface area contributed by atoms with Crippen molar-refractivity contribution in [3.63, 3.8) is 0 Å². The summed E-state index contributed by atoms with van der Waals surface area (Å²) in [4.78, 5) is 0. The molecule has 6 aromatic carbocycles. The molecule has 0 fully saturated rings. The van der Waals surface area contributed by atoms with E-state index in [4.69, 9.17) is 61.6 Å². The third kappa shape index (κ3) is 8.38. The molecule has 16 heteroatoms. The van der Waals surface area contributed by atoms with Crippen LogP contribution in [0.5, 0.6) is 74.7 Å². The Kier molecular flexibility index (Phi) is 13.8. The fourth-order valence-corrected chi connectivity index (χ4v) is 10.3. The van der Waals surface area contributed by atoms with E-state index in [1.165, 1.54) is 21.3 Å². The van der Waals surface area contributed by atoms with Gasteiger partial charge in [-0.1, -0.05) is 30.3 Å². The Bertz CT molecular complexity index is 2830. The summed E-state index contributed by atoms with van der Waals surface area (Å²) < 4.78 is 79.2. The Balaban J connectivity index is 1.40. The van der Waals surface area contributed by atoms with Crippen LogP contribution in [0.2, 0.25) is 0 Å². The highest BCUT2D eigenvalue weighted by Crippen LogP contribution is 2.64. The Labute approximate surface area is 411 Å². The first-order chi connectivity index (χ1) is 34.5. The fraction of sp³-hybridized carbons (Fsp3) is 0.345. The predicted octanol–water partition coefficient (Wildman–Crippen LogP) is 8.06. The van der Waals surface area contributed by atoms with E-state index in [1.54, 1.807) is 129 Å². The molecule has 374 valence electrons. The zero-order chi connectivity index (χ0) is 50.2. The minimum Gasteiger partial charge on any atom is -0.497 e. The van der Waals surface area contributed by atoms with Gasteiger partial charge in [0.1, 0.15) is 58.6 Å². The summed E-state index contributed by atoms with van der Waals surface area (Å²) in [6, 6.07) is 26.7. The lowest BCUT2D eigenvalue weighted by Gasteiger charge is -2.46. The van der Waals surface area contributed by atoms with Crippen molar-refractivity contribution in [1.29, 1.82) is 0 Å². The number of benzene rings is 6. The highest BCUT2D eigenvalue weighted by Gasteiger charge is 2.52. The quantitative estimate of drug-likeness (QED) is 0.0898. The second-order valence-corrected chi connectivity index (χ2v) is 17.2. The first-order valence-corrected chi connectivity index (χ1v) is 22.9. The smallest absolute Gasteiger partial charge is 0.161 e. The molecule has 0 amide bonds. The molecule has 9 rings (SSSR count). The minimum absolute atomic E-state index is 0.00710. The molecule has 71 heavy (non-hydrogen) atoms. The molecule has 3 aliphatic rings. The molecule has 0 spiro atoms. The van der Waals surface area contributed by atoms with Gasteiger partial charge >= 0.3 is 0 Å². The maximum absolute atomic E-state index is 13.2. The monoisotopic (exact) mass is 974 g/mol. The minimum atomic E-state index is -1.34. The van der Waals surface area contributed by atoms with Gasteiger partial charge in [0.2, 0.25) is 0 Å². The highest BCUT2D eigenvalue weighted by molar-refractivity contribution is 5.72. The summed E-state index contributed by atoms with van der Waals surface area (Å²) in [5.41, 5.74) is 4.13. The standard InChI is InChI=1S/C55H58O16/c1-59-30-14-16-32(39(24-30)64-6)44-46-53-34(26-35(56)50(69-53)27-11-18-36(61-3)41(21-27)66-8)54-47(55(46)71-52(49(44)58)29-13-20-38(63-5)43(23-29)68-10)45(33-17-15-31(60-2)25-40(33)65-7)48(57)51(70-54)28-12-19-37(62-4)42(22-28)67-9/h11-25,35,44-45,48-52,56-58H,26H2,1-10H3/t35-,44+,45+,48+,49+,50-,51-,52-/m1/s1. The Morgan fingerprint density at radius 3 is 1.08 bits per heavy atom. The summed E-state index contributed by atoms with van der Waals surface area (Å²) in [6.45, 7) is 0. The molecule has 3 aliphatic heterocycles. The van der Waals surface area contributed by atoms with Crippen molar-refractivity contribution in [1.82, 2.24) is 0 Å². The van der Waals surface area contributed by atoms with Crippen LogP contribution in [0.15, 0.2) is 91.0 Å². The van der Waals surface area contributed by atoms with Gasteiger partial charge in [-0.25, -0.2) is 0 Å². The molecule has 0 aromatic heterocycles. The van der Waals surface area contributed by atoms with Crippen LogP contribution in [0.1, 0.15) is 74.7 Å². The molecule has 3 heterocycles. The number of rotatable bonds is 15. The molecule has 0 saturated heterocycles. The Morgan fingerprint density at radius 1 is 0.366 bits per heavy atom. The number of hydrogen-bond acceptors (Lipinski definition) is 16. The van der Waals surface area contributed by atoms with Crippen LogP contribution < -0.4 is 61.6 Å². The molecule has 8 atom stereocenters. The van der Waals surface area contributed by atoms with Gasteiger partial charge in [-0.2, -0.15) is 0 Å². The maximum Gasteiger partial charge on any atom is 0.161 e. The molecule has 0 radical (unpaired) electrons. The van der Waals surface area contributed by atoms with Gasteiger partial charge in [0.05, 0.1) is 77.2 Å². The zero-order valence-corrected chi connectivity index (χ0v) is 41.1. The molecule has 0 aliphatic carbocycles. The number of aliphatic hydroxyl groups is 3. The van der Waals surface area contributed by atoms with Crippen LogP contribution in [0, 0.1) is 0 Å². The van der Waals surface area contributed by atoms with E-state index >= 15 is 0 Å². The third-order valence-corrected chi connectivity index (χ3v) is 13.7. The summed E-state index contributed by atoms with van der Waals surface area (Å²) in [6.07, 6.45) is -6.99. The summed E-state index contributed by atoms with van der Waals surface area (Å²) >= 11 is 0. The second-order valence-electron chi connectivity index (χ2n) is 17.2. The van der Waals surface area contributed by atoms with Crippen LogP contribution in [0.25, 0.3) is 0 Å². The number of aliphatic hydroxyl groups excluding tert-OH is 3. The maximum atomic E-state index is 13.2. The van der Waals surface area contributed by atoms with Gasteiger partial charge < -0.3 is 76.9 Å². The van der Waals surface area contributed by atoms with E-state index in [-0.39, 0.29) is 12.2 Å². The first-order valence-electron chi connectivity index (χ1n) is 22.9. The number of methoxy groups -OCH3 is 10. The SMILES string of the molecule is COc1ccc([C@H]2c3c(c4c(c5c3O[C@H](c3ccc(OC)c(OC)c3)[C@@H](O)[C@H]5c3ccc(OC)cc3OC)O[C@H](c3ccc(OC)c(OC)c3)[C@H](O)C4)O[C@H](c3ccc(OC)c(OC)c3)[C@H]2O)c(OC)c1. The molecule has 3 N–H and O–H groups in total. The van der Waals surface area contributed by atoms with Crippen LogP contribution in [0.3, 0.4) is 0 Å². The molecule has 6 aromatic rings. The summed E-state index contributed by atoms with van der Waals surface area (Å²) in [5, 5.41) is 38.8. The van der Waals surface area contributed by atoms with E-state index < -0.39 is 48.5 Å². The van der Waals surface area contributed by atoms with Gasteiger partial charge in [-0.3, -0.25) is 0 Å². The van der Waals surface area contributed by atoms with Crippen molar-refractivity contribution in [3.05, 3.63) is 136 Å². The first kappa shape index (κ1) is 48.6. The topological polar surface area (TPSA) is 181 Å². The molecular weight excluding hydrogens is 917 g/mol. The van der Waals surface area contributed by atoms with Gasteiger partial charge in [0.25, 0.3) is 0 Å². The van der Waals surface area contributed by atoms with E-state index in [9.17, 15) is 15.3 Å². The van der Waals surface area contributed by atoms with Crippen molar-refractivity contribution in [2.75, 3.05) is 71.1 Å². The lowest BCUT2D eigenvalue weighted by atomic mass is 9.72. The van der Waals surface area contributed by atoms with Gasteiger partial charge in [0.15, 0.2) is 46.7 Å². The lowest BCUT2D eigenvalue weighted by molar-refractivity contribution is -0.0171. The van der Waals surface area contributed by atoms with E-state index in [2.05, 4.69) is 0 Å². The van der Waals surface area contributed by atoms with Crippen molar-refractivity contribution in [2.24, 2.45) is 0 Å². The summed E-state index contributed by atoms with van der Waals surface area (Å²) in [7, 11) is 15.4. The largest absolute Gasteiger partial charge is 0.497 e. The third-order valence-electron chi connectivity index (χ3n) is 13.7. The number of fused-ring (bicyclic) bond motifs is 6. The van der Waals surface area contributed by atoms with Crippen LogP contribution in [0.4, 0.5) is 0 Å². The van der Waals surface area contributed by atoms with Crippen LogP contribution in [-0.2, 0) is 6.42 Å². The molecule has 0 bridgehead atoms.